The van der Waals surface area contributed by atoms with Crippen LogP contribution < -0.4 is 11.1 Å². The second kappa shape index (κ2) is 8.80. The molecule has 0 aliphatic rings. The smallest absolute Gasteiger partial charge is 0.225 e. The van der Waals surface area contributed by atoms with Crippen LogP contribution in [0.2, 0.25) is 0 Å². The van der Waals surface area contributed by atoms with E-state index in [1.807, 2.05) is 0 Å². The number of thioether (sulfide) groups is 1. The van der Waals surface area contributed by atoms with Crippen molar-refractivity contribution in [1.82, 2.24) is 0 Å². The topological polar surface area (TPSA) is 55.1 Å². The lowest BCUT2D eigenvalue weighted by Crippen LogP contribution is -2.13. The van der Waals surface area contributed by atoms with Gasteiger partial charge in [-0.1, -0.05) is 19.8 Å². The molecule has 0 atom stereocenters. The zero-order valence-corrected chi connectivity index (χ0v) is 12.1. The Hall–Kier alpha value is -1.23. The van der Waals surface area contributed by atoms with Crippen LogP contribution in [-0.2, 0) is 4.79 Å². The first kappa shape index (κ1) is 15.8. The molecule has 0 aromatic heterocycles. The molecule has 3 nitrogen and oxygen atoms in total. The predicted octanol–water partition coefficient (Wildman–Crippen LogP) is 3.66. The van der Waals surface area contributed by atoms with Crippen LogP contribution in [0.25, 0.3) is 0 Å². The third kappa shape index (κ3) is 6.47. The van der Waals surface area contributed by atoms with E-state index in [0.717, 1.165) is 11.5 Å². The summed E-state index contributed by atoms with van der Waals surface area (Å²) in [5, 5.41) is 2.55. The summed E-state index contributed by atoms with van der Waals surface area (Å²) in [6, 6.07) is 4.15. The van der Waals surface area contributed by atoms with Crippen molar-refractivity contribution >= 4 is 29.0 Å². The molecule has 0 bridgehead atoms. The van der Waals surface area contributed by atoms with E-state index in [4.69, 9.17) is 5.73 Å². The van der Waals surface area contributed by atoms with Crippen molar-refractivity contribution in [3.8, 4) is 0 Å². The molecule has 0 fully saturated rings. The third-order valence-corrected chi connectivity index (χ3v) is 3.70. The van der Waals surface area contributed by atoms with Gasteiger partial charge in [0, 0.05) is 17.9 Å². The largest absolute Gasteiger partial charge is 0.399 e. The maximum Gasteiger partial charge on any atom is 0.225 e. The van der Waals surface area contributed by atoms with Crippen LogP contribution in [0.4, 0.5) is 15.8 Å². The molecule has 5 heteroatoms. The average molecular weight is 284 g/mol. The van der Waals surface area contributed by atoms with Gasteiger partial charge < -0.3 is 11.1 Å². The third-order valence-electron chi connectivity index (χ3n) is 2.63. The number of hydrogen-bond donors (Lipinski definition) is 2. The van der Waals surface area contributed by atoms with Gasteiger partial charge in [0.1, 0.15) is 5.82 Å². The van der Waals surface area contributed by atoms with Gasteiger partial charge in [0.15, 0.2) is 0 Å². The molecule has 0 saturated heterocycles. The number of anilines is 2. The zero-order chi connectivity index (χ0) is 14.1. The molecule has 19 heavy (non-hydrogen) atoms. The number of unbranched alkanes of at least 4 members (excludes halogenated alkanes) is 2. The molecule has 1 aromatic rings. The standard InChI is InChI=1S/C14H21FN2OS/c1-2-3-4-8-19-9-7-14(18)17-13-10-11(16)5-6-12(13)15/h5-6,10H,2-4,7-9,16H2,1H3,(H,17,18). The normalized spacial score (nSPS) is 10.4. The van der Waals surface area contributed by atoms with Crippen molar-refractivity contribution < 1.29 is 9.18 Å². The number of carbonyl (C=O) groups excluding carboxylic acids is 1. The highest BCUT2D eigenvalue weighted by Crippen LogP contribution is 2.18. The van der Waals surface area contributed by atoms with Crippen LogP contribution in [0.1, 0.15) is 32.6 Å². The predicted molar refractivity (Wildman–Crippen MR) is 80.9 cm³/mol. The maximum absolute atomic E-state index is 13.4. The molecule has 1 amide bonds. The van der Waals surface area contributed by atoms with E-state index >= 15 is 0 Å². The van der Waals surface area contributed by atoms with Gasteiger partial charge in [-0.2, -0.15) is 11.8 Å². The van der Waals surface area contributed by atoms with Crippen molar-refractivity contribution in [2.75, 3.05) is 22.6 Å². The zero-order valence-electron chi connectivity index (χ0n) is 11.2. The Bertz CT molecular complexity index is 412. The molecule has 0 radical (unpaired) electrons. The summed E-state index contributed by atoms with van der Waals surface area (Å²) in [7, 11) is 0. The van der Waals surface area contributed by atoms with Gasteiger partial charge in [0.2, 0.25) is 5.91 Å². The quantitative estimate of drug-likeness (QED) is 0.566. The van der Waals surface area contributed by atoms with Crippen LogP contribution in [-0.4, -0.2) is 17.4 Å². The van der Waals surface area contributed by atoms with E-state index in [2.05, 4.69) is 12.2 Å². The SMILES string of the molecule is CCCCCSCCC(=O)Nc1cc(N)ccc1F. The van der Waals surface area contributed by atoms with Crippen LogP contribution in [0.15, 0.2) is 18.2 Å². The van der Waals surface area contributed by atoms with Gasteiger partial charge in [0.05, 0.1) is 5.69 Å². The van der Waals surface area contributed by atoms with E-state index in [9.17, 15) is 9.18 Å². The Morgan fingerprint density at radius 1 is 1.37 bits per heavy atom. The second-order valence-electron chi connectivity index (χ2n) is 4.36. The number of rotatable bonds is 8. The van der Waals surface area contributed by atoms with E-state index in [1.54, 1.807) is 11.8 Å². The molecule has 106 valence electrons. The average Bonchev–Trinajstić information content (AvgIpc) is 2.38. The van der Waals surface area contributed by atoms with E-state index in [-0.39, 0.29) is 11.6 Å². The summed E-state index contributed by atoms with van der Waals surface area (Å²) < 4.78 is 13.4. The van der Waals surface area contributed by atoms with Crippen molar-refractivity contribution in [1.29, 1.82) is 0 Å². The number of amides is 1. The fourth-order valence-corrected chi connectivity index (χ4v) is 2.51. The molecule has 1 aromatic carbocycles. The number of nitrogen functional groups attached to an aromatic ring is 1. The fourth-order valence-electron chi connectivity index (χ4n) is 1.57. The molecule has 0 aliphatic carbocycles. The summed E-state index contributed by atoms with van der Waals surface area (Å²) in [6.07, 6.45) is 4.01. The van der Waals surface area contributed by atoms with Crippen LogP contribution >= 0.6 is 11.8 Å². The monoisotopic (exact) mass is 284 g/mol. The Labute approximate surface area is 118 Å². The van der Waals surface area contributed by atoms with Crippen molar-refractivity contribution in [3.05, 3.63) is 24.0 Å². The van der Waals surface area contributed by atoms with Crippen molar-refractivity contribution in [2.24, 2.45) is 0 Å². The Morgan fingerprint density at radius 2 is 2.16 bits per heavy atom. The highest BCUT2D eigenvalue weighted by molar-refractivity contribution is 7.99. The van der Waals surface area contributed by atoms with Crippen LogP contribution in [0, 0.1) is 5.82 Å². The molecule has 1 rings (SSSR count). The summed E-state index contributed by atoms with van der Waals surface area (Å²) in [5.74, 6) is 1.21. The number of carbonyl (C=O) groups is 1. The van der Waals surface area contributed by atoms with Gasteiger partial charge >= 0.3 is 0 Å². The van der Waals surface area contributed by atoms with E-state index in [0.29, 0.717) is 12.1 Å². The first-order valence-corrected chi connectivity index (χ1v) is 7.71. The lowest BCUT2D eigenvalue weighted by Gasteiger charge is -2.07. The highest BCUT2D eigenvalue weighted by Gasteiger charge is 2.07. The number of nitrogens with one attached hydrogen (secondary N) is 1. The Morgan fingerprint density at radius 3 is 2.89 bits per heavy atom. The summed E-state index contributed by atoms with van der Waals surface area (Å²) in [4.78, 5) is 11.6. The summed E-state index contributed by atoms with van der Waals surface area (Å²) in [5.41, 5.74) is 6.14. The molecule has 0 heterocycles. The van der Waals surface area contributed by atoms with E-state index < -0.39 is 5.82 Å². The first-order chi connectivity index (χ1) is 9.13. The molecule has 0 unspecified atom stereocenters. The fraction of sp³-hybridized carbons (Fsp3) is 0.500. The number of nitrogens with two attached hydrogens (primary N) is 1. The molecule has 3 N–H and O–H groups in total. The molecular weight excluding hydrogens is 263 g/mol. The van der Waals surface area contributed by atoms with Gasteiger partial charge in [-0.25, -0.2) is 4.39 Å². The number of benzene rings is 1. The lowest BCUT2D eigenvalue weighted by atomic mass is 10.2. The van der Waals surface area contributed by atoms with Gasteiger partial charge in [0.25, 0.3) is 0 Å². The van der Waals surface area contributed by atoms with Crippen LogP contribution in [0.5, 0.6) is 0 Å². The van der Waals surface area contributed by atoms with E-state index in [1.165, 1.54) is 37.5 Å². The highest BCUT2D eigenvalue weighted by atomic mass is 32.2. The minimum Gasteiger partial charge on any atom is -0.399 e. The summed E-state index contributed by atoms with van der Waals surface area (Å²) in [6.45, 7) is 2.16. The maximum atomic E-state index is 13.4. The first-order valence-electron chi connectivity index (χ1n) is 6.56. The van der Waals surface area contributed by atoms with Gasteiger partial charge in [-0.3, -0.25) is 4.79 Å². The van der Waals surface area contributed by atoms with Crippen LogP contribution in [0.3, 0.4) is 0 Å². The Balaban J connectivity index is 2.25. The molecule has 0 aliphatic heterocycles. The number of halogens is 1. The molecular formula is C14H21FN2OS. The minimum atomic E-state index is -0.460. The molecule has 0 saturated carbocycles. The van der Waals surface area contributed by atoms with Gasteiger partial charge in [-0.05, 0) is 30.4 Å². The van der Waals surface area contributed by atoms with Crippen molar-refractivity contribution in [2.45, 2.75) is 32.6 Å². The Kier molecular flexibility index (Phi) is 7.33. The minimum absolute atomic E-state index is 0.154. The lowest BCUT2D eigenvalue weighted by molar-refractivity contribution is -0.115. The number of hydrogen-bond acceptors (Lipinski definition) is 3. The second-order valence-corrected chi connectivity index (χ2v) is 5.58. The molecule has 0 spiro atoms. The van der Waals surface area contributed by atoms with Gasteiger partial charge in [-0.15, -0.1) is 0 Å². The summed E-state index contributed by atoms with van der Waals surface area (Å²) >= 11 is 1.76. The van der Waals surface area contributed by atoms with Crippen molar-refractivity contribution in [3.63, 3.8) is 0 Å².